The number of hydrogen-bond acceptors (Lipinski definition) is 2. The van der Waals surface area contributed by atoms with Crippen LogP contribution in [0.5, 0.6) is 0 Å². The summed E-state index contributed by atoms with van der Waals surface area (Å²) in [6.07, 6.45) is 0. The van der Waals surface area contributed by atoms with Gasteiger partial charge in [-0.3, -0.25) is 0 Å². The van der Waals surface area contributed by atoms with Crippen molar-refractivity contribution in [2.75, 3.05) is 0 Å². The van der Waals surface area contributed by atoms with Gasteiger partial charge in [0.1, 0.15) is 0 Å². The molecule has 56 heavy (non-hydrogen) atoms. The summed E-state index contributed by atoms with van der Waals surface area (Å²) in [5, 5.41) is 11.0. The van der Waals surface area contributed by atoms with Crippen molar-refractivity contribution in [1.82, 2.24) is 0 Å². The van der Waals surface area contributed by atoms with E-state index in [0.29, 0.717) is 0 Å². The zero-order valence-electron chi connectivity index (χ0n) is 30.7. The Balaban J connectivity index is 1.44. The molecule has 0 atom stereocenters. The van der Waals surface area contributed by atoms with E-state index in [4.69, 9.17) is 0 Å². The summed E-state index contributed by atoms with van der Waals surface area (Å²) in [5.41, 5.74) is 0. The fourth-order valence-electron chi connectivity index (χ4n) is 6.52. The van der Waals surface area contributed by atoms with Gasteiger partial charge in [-0.05, 0) is 91.3 Å². The van der Waals surface area contributed by atoms with Gasteiger partial charge in [-0.15, -0.1) is 0 Å². The van der Waals surface area contributed by atoms with E-state index in [1.807, 2.05) is 21.6 Å². The maximum atomic E-state index is 2.35. The standard InChI is InChI=1S/C50H40P4S2/c1-9-25-41(26-10-1)51(42-27-11-2-12-28-42)49(52(43-29-13-3-14-30-43)44-31-15-4-16-32-44)55-56-50(53(45-33-17-5-18-34-45)46-35-19-6-20-36-46)54(47-37-21-7-22-38-47)48-39-23-8-24-40-48/h1-40H/q+2. The minimum Gasteiger partial charge on any atom is -0.0622 e. The van der Waals surface area contributed by atoms with Crippen molar-refractivity contribution < 1.29 is 0 Å². The van der Waals surface area contributed by atoms with Crippen LogP contribution in [-0.4, -0.2) is 8.73 Å². The second-order valence-corrected chi connectivity index (χ2v) is 25.4. The molecule has 270 valence electrons. The van der Waals surface area contributed by atoms with Crippen molar-refractivity contribution in [1.29, 1.82) is 0 Å². The van der Waals surface area contributed by atoms with Crippen molar-refractivity contribution in [3.63, 3.8) is 0 Å². The van der Waals surface area contributed by atoms with Crippen molar-refractivity contribution in [2.45, 2.75) is 0 Å². The van der Waals surface area contributed by atoms with Crippen molar-refractivity contribution >= 4 is 104 Å². The first kappa shape index (κ1) is 38.5. The van der Waals surface area contributed by atoms with E-state index in [1.165, 1.54) is 51.2 Å². The highest BCUT2D eigenvalue weighted by molar-refractivity contribution is 8.93. The predicted octanol–water partition coefficient (Wildman–Crippen LogP) is 11.1. The fraction of sp³-hybridized carbons (Fsp3) is 0. The lowest BCUT2D eigenvalue weighted by Gasteiger charge is -2.21. The number of hydrogen-bond donors (Lipinski definition) is 0. The lowest BCUT2D eigenvalue weighted by Crippen LogP contribution is -2.21. The molecular formula is C50H40P4S2+2. The summed E-state index contributed by atoms with van der Waals surface area (Å²) in [7, 11) is 0.500. The quantitative estimate of drug-likeness (QED) is 0.0839. The molecule has 6 heteroatoms. The molecule has 0 fully saturated rings. The van der Waals surface area contributed by atoms with Crippen LogP contribution >= 0.6 is 52.5 Å². The molecule has 8 aromatic rings. The smallest absolute Gasteiger partial charge is 0.0622 e. The van der Waals surface area contributed by atoms with Crippen LogP contribution in [0, 0.1) is 0 Å². The van der Waals surface area contributed by atoms with Gasteiger partial charge >= 0.3 is 0 Å². The maximum absolute atomic E-state index is 2.35. The maximum Gasteiger partial charge on any atom is 0.205 e. The first-order valence-corrected chi connectivity index (χ1v) is 26.1. The third-order valence-corrected chi connectivity index (χ3v) is 25.9. The summed E-state index contributed by atoms with van der Waals surface area (Å²) in [6, 6.07) is 90.1. The van der Waals surface area contributed by atoms with E-state index in [0.717, 1.165) is 0 Å². The second kappa shape index (κ2) is 19.7. The SMILES string of the molecule is c1ccc(P(C(SSC(P(c2ccccc2)c2ccccc2)=[P+](c2ccccc2)c2ccccc2)=[P+](c2ccccc2)c2ccccc2)c2ccccc2)cc1. The molecule has 0 amide bonds. The molecule has 0 heterocycles. The zero-order valence-corrected chi connectivity index (χ0v) is 35.9. The van der Waals surface area contributed by atoms with Crippen molar-refractivity contribution in [2.24, 2.45) is 0 Å². The van der Waals surface area contributed by atoms with Crippen LogP contribution in [0.2, 0.25) is 0 Å². The number of rotatable bonds is 13. The highest BCUT2D eigenvalue weighted by Gasteiger charge is 2.39. The molecule has 8 rings (SSSR count). The molecule has 0 bridgehead atoms. The Morgan fingerprint density at radius 2 is 0.429 bits per heavy atom. The molecule has 0 nitrogen and oxygen atoms in total. The van der Waals surface area contributed by atoms with Crippen molar-refractivity contribution in [3.8, 4) is 0 Å². The summed E-state index contributed by atoms with van der Waals surface area (Å²) in [5.74, 6) is 0. The lowest BCUT2D eigenvalue weighted by molar-refractivity contribution is 1.76. The molecule has 0 unspecified atom stereocenters. The van der Waals surface area contributed by atoms with E-state index >= 15 is 0 Å². The van der Waals surface area contributed by atoms with Gasteiger partial charge in [0, 0.05) is 15.8 Å². The Morgan fingerprint density at radius 1 is 0.250 bits per heavy atom. The van der Waals surface area contributed by atoms with Crippen LogP contribution in [0.25, 0.3) is 0 Å². The lowest BCUT2D eigenvalue weighted by atomic mass is 10.4. The Labute approximate surface area is 344 Å². The molecule has 0 aromatic heterocycles. The third kappa shape index (κ3) is 9.26. The molecule has 0 N–H and O–H groups in total. The topological polar surface area (TPSA) is 0 Å². The Hall–Kier alpha value is -4.34. The highest BCUT2D eigenvalue weighted by Crippen LogP contribution is 2.57. The van der Waals surface area contributed by atoms with E-state index in [-0.39, 0.29) is 0 Å². The first-order chi connectivity index (χ1) is 27.8. The van der Waals surface area contributed by atoms with Gasteiger partial charge in [-0.25, -0.2) is 0 Å². The zero-order chi connectivity index (χ0) is 37.8. The molecule has 0 aliphatic carbocycles. The highest BCUT2D eigenvalue weighted by atomic mass is 33.1. The predicted molar refractivity (Wildman–Crippen MR) is 261 cm³/mol. The van der Waals surface area contributed by atoms with Gasteiger partial charge in [-0.1, -0.05) is 194 Å². The van der Waals surface area contributed by atoms with Gasteiger partial charge in [0.15, 0.2) is 36.3 Å². The second-order valence-electron chi connectivity index (χ2n) is 12.8. The fourth-order valence-corrected chi connectivity index (χ4v) is 26.0. The Morgan fingerprint density at radius 3 is 0.625 bits per heavy atom. The minimum atomic E-state index is -0.898. The molecule has 0 saturated heterocycles. The van der Waals surface area contributed by atoms with E-state index < -0.39 is 30.9 Å². The molecule has 0 spiro atoms. The molecule has 8 aromatic carbocycles. The number of benzene rings is 8. The van der Waals surface area contributed by atoms with Crippen LogP contribution in [0.1, 0.15) is 0 Å². The van der Waals surface area contributed by atoms with Gasteiger partial charge in [0.05, 0.1) is 0 Å². The summed E-state index contributed by atoms with van der Waals surface area (Å²) >= 11 is 0. The normalized spacial score (nSPS) is 11.0. The minimum absolute atomic E-state index is 0.898. The van der Waals surface area contributed by atoms with Crippen LogP contribution in [0.4, 0.5) is 0 Å². The van der Waals surface area contributed by atoms with E-state index in [9.17, 15) is 0 Å². The average Bonchev–Trinajstić information content (AvgIpc) is 3.28. The van der Waals surface area contributed by atoms with Crippen molar-refractivity contribution in [3.05, 3.63) is 243 Å². The molecule has 0 aliphatic heterocycles. The van der Waals surface area contributed by atoms with Crippen LogP contribution < -0.4 is 42.4 Å². The van der Waals surface area contributed by atoms with Crippen LogP contribution in [-0.2, 0) is 0 Å². The average molecular weight is 829 g/mol. The Bertz CT molecular complexity index is 2140. The molecule has 0 radical (unpaired) electrons. The first-order valence-electron chi connectivity index (χ1n) is 18.5. The van der Waals surface area contributed by atoms with Gasteiger partial charge in [0.2, 0.25) is 8.73 Å². The van der Waals surface area contributed by atoms with Crippen LogP contribution in [0.3, 0.4) is 0 Å². The molecular weight excluding hydrogens is 789 g/mol. The summed E-state index contributed by atoms with van der Waals surface area (Å²) in [6.45, 7) is 0. The van der Waals surface area contributed by atoms with Gasteiger partial charge in [-0.2, -0.15) is 0 Å². The van der Waals surface area contributed by atoms with Crippen LogP contribution in [0.15, 0.2) is 243 Å². The summed E-state index contributed by atoms with van der Waals surface area (Å²) < 4.78 is 3.05. The summed E-state index contributed by atoms with van der Waals surface area (Å²) in [4.78, 5) is 0. The van der Waals surface area contributed by atoms with E-state index in [2.05, 4.69) is 243 Å². The monoisotopic (exact) mass is 828 g/mol. The van der Waals surface area contributed by atoms with Gasteiger partial charge in [0.25, 0.3) is 0 Å². The third-order valence-electron chi connectivity index (χ3n) is 9.07. The Kier molecular flexibility index (Phi) is 13.5. The molecule has 0 saturated carbocycles. The van der Waals surface area contributed by atoms with E-state index in [1.54, 1.807) is 0 Å². The largest absolute Gasteiger partial charge is 0.205 e. The van der Waals surface area contributed by atoms with Gasteiger partial charge < -0.3 is 0 Å². The molecule has 0 aliphatic rings.